The van der Waals surface area contributed by atoms with Crippen LogP contribution in [0.2, 0.25) is 0 Å². The highest BCUT2D eigenvalue weighted by atomic mass is 16.6. The van der Waals surface area contributed by atoms with E-state index >= 15 is 0 Å². The second-order valence-electron chi connectivity index (χ2n) is 5.69. The normalized spacial score (nSPS) is 13.1. The molecule has 0 fully saturated rings. The van der Waals surface area contributed by atoms with E-state index in [9.17, 15) is 15.0 Å². The average Bonchev–Trinajstić information content (AvgIpc) is 2.65. The van der Waals surface area contributed by atoms with Gasteiger partial charge in [-0.05, 0) is 24.1 Å². The third-order valence-corrected chi connectivity index (χ3v) is 3.75. The summed E-state index contributed by atoms with van der Waals surface area (Å²) in [6, 6.07) is 18.1. The number of nitrogens with zero attached hydrogens (tertiary/aromatic N) is 1. The first kappa shape index (κ1) is 18.9. The lowest BCUT2D eigenvalue weighted by Crippen LogP contribution is -2.38. The maximum Gasteiger partial charge on any atom is 0.415 e. The Morgan fingerprint density at radius 2 is 1.56 bits per heavy atom. The number of para-hydroxylation sites is 1. The smallest absolute Gasteiger partial charge is 0.410 e. The molecule has 0 saturated heterocycles. The largest absolute Gasteiger partial charge is 0.415 e. The van der Waals surface area contributed by atoms with E-state index in [1.165, 1.54) is 4.90 Å². The Kier molecular flexibility index (Phi) is 7.40. The number of aliphatic hydroxyl groups is 3. The van der Waals surface area contributed by atoms with Crippen LogP contribution in [0.1, 0.15) is 12.0 Å². The van der Waals surface area contributed by atoms with Crippen LogP contribution in [-0.4, -0.2) is 51.7 Å². The molecule has 6 nitrogen and oxygen atoms in total. The molecule has 0 aliphatic heterocycles. The molecule has 2 rings (SSSR count). The van der Waals surface area contributed by atoms with Crippen LogP contribution in [0, 0.1) is 0 Å². The van der Waals surface area contributed by atoms with Gasteiger partial charge in [-0.1, -0.05) is 48.5 Å². The number of ether oxygens (including phenoxy) is 1. The van der Waals surface area contributed by atoms with E-state index < -0.39 is 24.9 Å². The molecule has 0 unspecified atom stereocenters. The van der Waals surface area contributed by atoms with Gasteiger partial charge in [-0.3, -0.25) is 0 Å². The number of aliphatic hydroxyl groups excluding tert-OH is 3. The van der Waals surface area contributed by atoms with Crippen LogP contribution in [0.25, 0.3) is 0 Å². The van der Waals surface area contributed by atoms with E-state index in [1.807, 2.05) is 36.4 Å². The van der Waals surface area contributed by atoms with Gasteiger partial charge in [0.2, 0.25) is 0 Å². The number of hydrogen-bond acceptors (Lipinski definition) is 5. The fourth-order valence-corrected chi connectivity index (χ4v) is 2.29. The van der Waals surface area contributed by atoms with Gasteiger partial charge in [-0.2, -0.15) is 0 Å². The van der Waals surface area contributed by atoms with Crippen LogP contribution in [0.15, 0.2) is 60.7 Å². The molecular weight excluding hydrogens is 322 g/mol. The van der Waals surface area contributed by atoms with Crippen molar-refractivity contribution in [3.05, 3.63) is 66.2 Å². The lowest BCUT2D eigenvalue weighted by Gasteiger charge is -2.24. The zero-order valence-electron chi connectivity index (χ0n) is 13.9. The fraction of sp³-hybridized carbons (Fsp3) is 0.316. The second kappa shape index (κ2) is 9.78. The topological polar surface area (TPSA) is 90.2 Å². The van der Waals surface area contributed by atoms with Crippen molar-refractivity contribution in [3.63, 3.8) is 0 Å². The molecule has 2 atom stereocenters. The minimum atomic E-state index is -1.23. The lowest BCUT2D eigenvalue weighted by molar-refractivity contribution is -0.0208. The van der Waals surface area contributed by atoms with Gasteiger partial charge in [0, 0.05) is 13.1 Å². The minimum absolute atomic E-state index is 0.123. The molecule has 0 spiro atoms. The summed E-state index contributed by atoms with van der Waals surface area (Å²) in [7, 11) is 0. The molecule has 2 aromatic carbocycles. The maximum atomic E-state index is 12.5. The molecule has 134 valence electrons. The van der Waals surface area contributed by atoms with Crippen LogP contribution in [0.4, 0.5) is 4.79 Å². The predicted molar refractivity (Wildman–Crippen MR) is 93.0 cm³/mol. The van der Waals surface area contributed by atoms with E-state index in [1.54, 1.807) is 24.3 Å². The summed E-state index contributed by atoms with van der Waals surface area (Å²) >= 11 is 0. The monoisotopic (exact) mass is 345 g/mol. The van der Waals surface area contributed by atoms with Crippen molar-refractivity contribution < 1.29 is 24.9 Å². The minimum Gasteiger partial charge on any atom is -0.410 e. The van der Waals surface area contributed by atoms with Crippen LogP contribution in [-0.2, 0) is 6.54 Å². The van der Waals surface area contributed by atoms with Gasteiger partial charge < -0.3 is 25.0 Å². The molecule has 0 bridgehead atoms. The summed E-state index contributed by atoms with van der Waals surface area (Å²) in [5.41, 5.74) is 0.921. The summed E-state index contributed by atoms with van der Waals surface area (Å²) in [4.78, 5) is 13.9. The molecular formula is C19H23NO5. The van der Waals surface area contributed by atoms with Crippen LogP contribution in [0.3, 0.4) is 0 Å². The number of rotatable bonds is 8. The molecule has 0 aromatic heterocycles. The van der Waals surface area contributed by atoms with Gasteiger partial charge in [0.1, 0.15) is 11.9 Å². The highest BCUT2D eigenvalue weighted by Crippen LogP contribution is 2.13. The number of amides is 1. The molecule has 0 radical (unpaired) electrons. The first-order valence-corrected chi connectivity index (χ1v) is 8.13. The second-order valence-corrected chi connectivity index (χ2v) is 5.69. The van der Waals surface area contributed by atoms with Gasteiger partial charge >= 0.3 is 6.09 Å². The molecule has 25 heavy (non-hydrogen) atoms. The van der Waals surface area contributed by atoms with Crippen molar-refractivity contribution in [2.24, 2.45) is 0 Å². The molecule has 0 aliphatic rings. The molecule has 2 aromatic rings. The number of carbonyl (C=O) groups excluding carboxylic acids is 1. The van der Waals surface area contributed by atoms with Crippen molar-refractivity contribution in [2.45, 2.75) is 25.2 Å². The first-order valence-electron chi connectivity index (χ1n) is 8.13. The average molecular weight is 345 g/mol. The SMILES string of the molecule is O=C(Oc1ccccc1)N(CC[C@H](O)[C@@H](O)CO)Cc1ccccc1. The Morgan fingerprint density at radius 3 is 2.16 bits per heavy atom. The van der Waals surface area contributed by atoms with E-state index in [-0.39, 0.29) is 13.0 Å². The third-order valence-electron chi connectivity index (χ3n) is 3.75. The highest BCUT2D eigenvalue weighted by Gasteiger charge is 2.21. The maximum absolute atomic E-state index is 12.5. The van der Waals surface area contributed by atoms with Gasteiger partial charge in [0.15, 0.2) is 0 Å². The van der Waals surface area contributed by atoms with Crippen LogP contribution >= 0.6 is 0 Å². The summed E-state index contributed by atoms with van der Waals surface area (Å²) in [5, 5.41) is 28.2. The van der Waals surface area contributed by atoms with Gasteiger partial charge in [-0.15, -0.1) is 0 Å². The van der Waals surface area contributed by atoms with Crippen molar-refractivity contribution in [2.75, 3.05) is 13.2 Å². The number of carbonyl (C=O) groups is 1. The van der Waals surface area contributed by atoms with Crippen LogP contribution < -0.4 is 4.74 Å². The Labute approximate surface area is 146 Å². The molecule has 0 heterocycles. The molecule has 6 heteroatoms. The quantitative estimate of drug-likeness (QED) is 0.679. The predicted octanol–water partition coefficient (Wildman–Crippen LogP) is 1.79. The van der Waals surface area contributed by atoms with Gasteiger partial charge in [-0.25, -0.2) is 4.79 Å². The van der Waals surface area contributed by atoms with Crippen molar-refractivity contribution in [3.8, 4) is 5.75 Å². The van der Waals surface area contributed by atoms with Crippen molar-refractivity contribution in [1.29, 1.82) is 0 Å². The summed E-state index contributed by atoms with van der Waals surface area (Å²) in [5.74, 6) is 0.432. The zero-order valence-corrected chi connectivity index (χ0v) is 13.9. The molecule has 3 N–H and O–H groups in total. The Hall–Kier alpha value is -2.41. The Morgan fingerprint density at radius 1 is 0.960 bits per heavy atom. The number of benzene rings is 2. The fourth-order valence-electron chi connectivity index (χ4n) is 2.29. The third kappa shape index (κ3) is 6.19. The molecule has 0 saturated carbocycles. The highest BCUT2D eigenvalue weighted by molar-refractivity contribution is 5.70. The zero-order chi connectivity index (χ0) is 18.1. The van der Waals surface area contributed by atoms with Crippen LogP contribution in [0.5, 0.6) is 5.75 Å². The van der Waals surface area contributed by atoms with E-state index in [2.05, 4.69) is 0 Å². The summed E-state index contributed by atoms with van der Waals surface area (Å²) < 4.78 is 5.36. The standard InChI is InChI=1S/C19H23NO5/c21-14-18(23)17(22)11-12-20(13-15-7-3-1-4-8-15)19(24)25-16-9-5-2-6-10-16/h1-10,17-18,21-23H,11-14H2/t17-,18-/m0/s1. The first-order chi connectivity index (χ1) is 12.1. The molecule has 1 amide bonds. The summed E-state index contributed by atoms with van der Waals surface area (Å²) in [6.07, 6.45) is -2.77. The van der Waals surface area contributed by atoms with E-state index in [4.69, 9.17) is 9.84 Å². The van der Waals surface area contributed by atoms with E-state index in [0.717, 1.165) is 5.56 Å². The van der Waals surface area contributed by atoms with Gasteiger partial charge in [0.05, 0.1) is 12.7 Å². The lowest BCUT2D eigenvalue weighted by atomic mass is 10.1. The molecule has 0 aliphatic carbocycles. The van der Waals surface area contributed by atoms with Crippen molar-refractivity contribution >= 4 is 6.09 Å². The van der Waals surface area contributed by atoms with Gasteiger partial charge in [0.25, 0.3) is 0 Å². The Bertz CT molecular complexity index is 635. The summed E-state index contributed by atoms with van der Waals surface area (Å²) in [6.45, 7) is -0.0401. The van der Waals surface area contributed by atoms with Crippen molar-refractivity contribution in [1.82, 2.24) is 4.90 Å². The Balaban J connectivity index is 2.04. The van der Waals surface area contributed by atoms with E-state index in [0.29, 0.717) is 12.3 Å². The number of hydrogen-bond donors (Lipinski definition) is 3.